The Morgan fingerprint density at radius 3 is 2.71 bits per heavy atom. The SMILES string of the molecule is CC(N[C@H](CO)c1ccccc1)c1cncs1. The number of aliphatic hydroxyl groups excluding tert-OH is 1. The van der Waals surface area contributed by atoms with Crippen LogP contribution in [0.25, 0.3) is 0 Å². The third-order valence-electron chi connectivity index (χ3n) is 2.71. The highest BCUT2D eigenvalue weighted by Gasteiger charge is 2.14. The van der Waals surface area contributed by atoms with Crippen LogP contribution in [0, 0.1) is 0 Å². The summed E-state index contributed by atoms with van der Waals surface area (Å²) >= 11 is 1.62. The lowest BCUT2D eigenvalue weighted by Gasteiger charge is -2.21. The first-order valence-electron chi connectivity index (χ1n) is 5.61. The summed E-state index contributed by atoms with van der Waals surface area (Å²) in [6.45, 7) is 2.17. The van der Waals surface area contributed by atoms with Crippen molar-refractivity contribution in [2.24, 2.45) is 0 Å². The Balaban J connectivity index is 2.06. The maximum atomic E-state index is 9.45. The molecule has 2 N–H and O–H groups in total. The first-order chi connectivity index (χ1) is 8.31. The van der Waals surface area contributed by atoms with Gasteiger partial charge >= 0.3 is 0 Å². The van der Waals surface area contributed by atoms with Crippen molar-refractivity contribution >= 4 is 11.3 Å². The minimum Gasteiger partial charge on any atom is -0.394 e. The van der Waals surface area contributed by atoms with Gasteiger partial charge in [-0.3, -0.25) is 4.98 Å². The molecule has 0 bridgehead atoms. The van der Waals surface area contributed by atoms with Crippen LogP contribution in [0.3, 0.4) is 0 Å². The lowest BCUT2D eigenvalue weighted by molar-refractivity contribution is 0.236. The molecule has 90 valence electrons. The molecule has 0 saturated heterocycles. The van der Waals surface area contributed by atoms with Crippen LogP contribution in [-0.4, -0.2) is 16.7 Å². The van der Waals surface area contributed by atoms with Gasteiger partial charge < -0.3 is 10.4 Å². The van der Waals surface area contributed by atoms with Gasteiger partial charge in [0.25, 0.3) is 0 Å². The predicted octanol–water partition coefficient (Wildman–Crippen LogP) is 2.53. The molecule has 17 heavy (non-hydrogen) atoms. The lowest BCUT2D eigenvalue weighted by atomic mass is 10.1. The summed E-state index contributed by atoms with van der Waals surface area (Å²) < 4.78 is 0. The zero-order valence-electron chi connectivity index (χ0n) is 9.71. The molecule has 2 atom stereocenters. The molecule has 0 saturated carbocycles. The van der Waals surface area contributed by atoms with Crippen LogP contribution in [0.4, 0.5) is 0 Å². The molecule has 0 aliphatic heterocycles. The second-order valence-electron chi connectivity index (χ2n) is 3.94. The third-order valence-corrected chi connectivity index (χ3v) is 3.67. The van der Waals surface area contributed by atoms with Crippen molar-refractivity contribution < 1.29 is 5.11 Å². The molecule has 0 spiro atoms. The van der Waals surface area contributed by atoms with E-state index in [-0.39, 0.29) is 18.7 Å². The fraction of sp³-hybridized carbons (Fsp3) is 0.308. The Morgan fingerprint density at radius 1 is 1.35 bits per heavy atom. The Hall–Kier alpha value is -1.23. The molecule has 0 fully saturated rings. The minimum atomic E-state index is -0.0340. The van der Waals surface area contributed by atoms with Crippen molar-refractivity contribution in [3.05, 3.63) is 52.5 Å². The van der Waals surface area contributed by atoms with Crippen molar-refractivity contribution in [1.29, 1.82) is 0 Å². The van der Waals surface area contributed by atoms with Crippen LogP contribution in [0.5, 0.6) is 0 Å². The summed E-state index contributed by atoms with van der Waals surface area (Å²) in [6, 6.07) is 10.1. The highest BCUT2D eigenvalue weighted by molar-refractivity contribution is 7.09. The number of thiazole rings is 1. The van der Waals surface area contributed by atoms with Crippen molar-refractivity contribution in [1.82, 2.24) is 10.3 Å². The normalized spacial score (nSPS) is 14.5. The maximum absolute atomic E-state index is 9.45. The lowest BCUT2D eigenvalue weighted by Crippen LogP contribution is -2.26. The largest absolute Gasteiger partial charge is 0.394 e. The van der Waals surface area contributed by atoms with Crippen LogP contribution in [0.15, 0.2) is 42.0 Å². The molecule has 1 aromatic carbocycles. The van der Waals surface area contributed by atoms with Gasteiger partial charge in [-0.2, -0.15) is 0 Å². The summed E-state index contributed by atoms with van der Waals surface area (Å²) in [5.41, 5.74) is 2.93. The van der Waals surface area contributed by atoms with E-state index in [0.29, 0.717) is 0 Å². The fourth-order valence-electron chi connectivity index (χ4n) is 1.76. The zero-order valence-corrected chi connectivity index (χ0v) is 10.5. The molecule has 0 aliphatic carbocycles. The van der Waals surface area contributed by atoms with E-state index in [2.05, 4.69) is 17.2 Å². The van der Waals surface area contributed by atoms with E-state index in [4.69, 9.17) is 0 Å². The Labute approximate surface area is 105 Å². The van der Waals surface area contributed by atoms with E-state index in [1.54, 1.807) is 11.3 Å². The number of aromatic nitrogens is 1. The number of aliphatic hydroxyl groups is 1. The highest BCUT2D eigenvalue weighted by Crippen LogP contribution is 2.21. The van der Waals surface area contributed by atoms with Crippen LogP contribution >= 0.6 is 11.3 Å². The number of hydrogen-bond donors (Lipinski definition) is 2. The number of hydrogen-bond acceptors (Lipinski definition) is 4. The monoisotopic (exact) mass is 248 g/mol. The molecule has 1 heterocycles. The maximum Gasteiger partial charge on any atom is 0.0794 e. The van der Waals surface area contributed by atoms with Crippen molar-refractivity contribution in [2.75, 3.05) is 6.61 Å². The van der Waals surface area contributed by atoms with Crippen molar-refractivity contribution in [3.8, 4) is 0 Å². The molecule has 1 aromatic heterocycles. The molecular formula is C13H16N2OS. The summed E-state index contributed by atoms with van der Waals surface area (Å²) in [5.74, 6) is 0. The second kappa shape index (κ2) is 5.91. The molecule has 2 aromatic rings. The smallest absolute Gasteiger partial charge is 0.0794 e. The highest BCUT2D eigenvalue weighted by atomic mass is 32.1. The minimum absolute atomic E-state index is 0.0340. The number of benzene rings is 1. The van der Waals surface area contributed by atoms with Gasteiger partial charge in [0, 0.05) is 17.1 Å². The Bertz CT molecular complexity index is 430. The summed E-state index contributed by atoms with van der Waals surface area (Å²) in [7, 11) is 0. The molecular weight excluding hydrogens is 232 g/mol. The summed E-state index contributed by atoms with van der Waals surface area (Å²) in [5, 5.41) is 12.9. The molecule has 0 radical (unpaired) electrons. The van der Waals surface area contributed by atoms with Gasteiger partial charge in [-0.25, -0.2) is 0 Å². The van der Waals surface area contributed by atoms with Crippen LogP contribution < -0.4 is 5.32 Å². The van der Waals surface area contributed by atoms with E-state index >= 15 is 0 Å². The summed E-state index contributed by atoms with van der Waals surface area (Å²) in [6.07, 6.45) is 1.86. The first-order valence-corrected chi connectivity index (χ1v) is 6.49. The van der Waals surface area contributed by atoms with E-state index in [9.17, 15) is 5.11 Å². The van der Waals surface area contributed by atoms with Gasteiger partial charge in [-0.15, -0.1) is 11.3 Å². The van der Waals surface area contributed by atoms with Crippen LogP contribution in [0.1, 0.15) is 29.4 Å². The van der Waals surface area contributed by atoms with Gasteiger partial charge in [0.1, 0.15) is 0 Å². The number of nitrogens with one attached hydrogen (secondary N) is 1. The van der Waals surface area contributed by atoms with Crippen LogP contribution in [0.2, 0.25) is 0 Å². The van der Waals surface area contributed by atoms with E-state index < -0.39 is 0 Å². The van der Waals surface area contributed by atoms with E-state index in [1.807, 2.05) is 42.0 Å². The van der Waals surface area contributed by atoms with Gasteiger partial charge in [0.2, 0.25) is 0 Å². The number of nitrogens with zero attached hydrogens (tertiary/aromatic N) is 1. The average Bonchev–Trinajstić information content (AvgIpc) is 2.90. The summed E-state index contributed by atoms with van der Waals surface area (Å²) in [4.78, 5) is 5.25. The topological polar surface area (TPSA) is 45.1 Å². The zero-order chi connectivity index (χ0) is 12.1. The Kier molecular flexibility index (Phi) is 4.25. The van der Waals surface area contributed by atoms with Crippen molar-refractivity contribution in [2.45, 2.75) is 19.0 Å². The molecule has 1 unspecified atom stereocenters. The Morgan fingerprint density at radius 2 is 2.12 bits per heavy atom. The molecule has 0 aliphatic rings. The quantitative estimate of drug-likeness (QED) is 0.854. The van der Waals surface area contributed by atoms with E-state index in [0.717, 1.165) is 5.56 Å². The van der Waals surface area contributed by atoms with Gasteiger partial charge in [0.15, 0.2) is 0 Å². The van der Waals surface area contributed by atoms with Gasteiger partial charge in [-0.05, 0) is 12.5 Å². The first kappa shape index (κ1) is 12.2. The van der Waals surface area contributed by atoms with Gasteiger partial charge in [0.05, 0.1) is 18.2 Å². The average molecular weight is 248 g/mol. The molecule has 0 amide bonds. The fourth-order valence-corrected chi connectivity index (χ4v) is 2.40. The second-order valence-corrected chi connectivity index (χ2v) is 4.86. The predicted molar refractivity (Wildman–Crippen MR) is 69.9 cm³/mol. The van der Waals surface area contributed by atoms with Gasteiger partial charge in [-0.1, -0.05) is 30.3 Å². The third kappa shape index (κ3) is 3.12. The molecule has 3 nitrogen and oxygen atoms in total. The molecule has 2 rings (SSSR count). The van der Waals surface area contributed by atoms with Crippen LogP contribution in [-0.2, 0) is 0 Å². The van der Waals surface area contributed by atoms with E-state index in [1.165, 1.54) is 4.88 Å². The standard InChI is InChI=1S/C13H16N2OS/c1-10(13-7-14-9-17-13)15-12(8-16)11-5-3-2-4-6-11/h2-7,9-10,12,15-16H,8H2,1H3/t10?,12-/m1/s1. The van der Waals surface area contributed by atoms with Crippen molar-refractivity contribution in [3.63, 3.8) is 0 Å². The molecule has 4 heteroatoms. The number of rotatable bonds is 5.